The zero-order valence-electron chi connectivity index (χ0n) is 14.4. The minimum atomic E-state index is -0.0753. The molecule has 1 amide bonds. The summed E-state index contributed by atoms with van der Waals surface area (Å²) < 4.78 is 5.52. The lowest BCUT2D eigenvalue weighted by Crippen LogP contribution is -2.24. The molecule has 1 aromatic heterocycles. The van der Waals surface area contributed by atoms with E-state index < -0.39 is 0 Å². The van der Waals surface area contributed by atoms with Crippen molar-refractivity contribution in [2.24, 2.45) is 0 Å². The Morgan fingerprint density at radius 3 is 2.65 bits per heavy atom. The van der Waals surface area contributed by atoms with Crippen LogP contribution >= 0.6 is 23.2 Å². The normalized spacial score (nSPS) is 13.7. The molecule has 0 unspecified atom stereocenters. The number of amides is 1. The molecule has 0 spiro atoms. The Morgan fingerprint density at radius 2 is 1.96 bits per heavy atom. The van der Waals surface area contributed by atoms with Gasteiger partial charge in [-0.1, -0.05) is 29.3 Å². The average molecular weight is 394 g/mol. The van der Waals surface area contributed by atoms with Crippen LogP contribution in [-0.2, 0) is 11.3 Å². The number of anilines is 1. The molecule has 7 heteroatoms. The molecule has 1 saturated heterocycles. The summed E-state index contributed by atoms with van der Waals surface area (Å²) in [7, 11) is 0. The van der Waals surface area contributed by atoms with E-state index in [-0.39, 0.29) is 18.9 Å². The van der Waals surface area contributed by atoms with Crippen molar-refractivity contribution >= 4 is 34.9 Å². The van der Waals surface area contributed by atoms with Gasteiger partial charge in [-0.15, -0.1) is 0 Å². The van der Waals surface area contributed by atoms with Crippen molar-refractivity contribution in [2.75, 3.05) is 24.6 Å². The molecular weight excluding hydrogens is 373 g/mol. The van der Waals surface area contributed by atoms with Gasteiger partial charge in [0.25, 0.3) is 0 Å². The summed E-state index contributed by atoms with van der Waals surface area (Å²) in [5.41, 5.74) is 0.978. The van der Waals surface area contributed by atoms with Gasteiger partial charge in [0.05, 0.1) is 23.1 Å². The second-order valence-electron chi connectivity index (χ2n) is 6.17. The Balaban J connectivity index is 1.38. The molecule has 26 heavy (non-hydrogen) atoms. The van der Waals surface area contributed by atoms with Crippen LogP contribution in [0.15, 0.2) is 36.5 Å². The number of aromatic nitrogens is 1. The number of halogens is 2. The number of nitrogens with one attached hydrogen (secondary N) is 1. The average Bonchev–Trinajstić information content (AvgIpc) is 3.18. The molecule has 1 aliphatic heterocycles. The molecule has 5 nitrogen and oxygen atoms in total. The van der Waals surface area contributed by atoms with Crippen LogP contribution in [0.2, 0.25) is 10.0 Å². The van der Waals surface area contributed by atoms with Crippen molar-refractivity contribution in [3.8, 4) is 5.75 Å². The largest absolute Gasteiger partial charge is 0.493 e. The molecule has 0 aliphatic carbocycles. The van der Waals surface area contributed by atoms with Gasteiger partial charge in [-0.25, -0.2) is 4.98 Å². The van der Waals surface area contributed by atoms with Crippen LogP contribution in [-0.4, -0.2) is 30.6 Å². The molecule has 1 N–H and O–H groups in total. The highest BCUT2D eigenvalue weighted by Gasteiger charge is 2.13. The molecule has 2 aromatic rings. The molecule has 0 saturated carbocycles. The van der Waals surface area contributed by atoms with E-state index in [0.717, 1.165) is 24.5 Å². The van der Waals surface area contributed by atoms with E-state index in [4.69, 9.17) is 27.9 Å². The lowest BCUT2D eigenvalue weighted by Gasteiger charge is -2.16. The minimum absolute atomic E-state index is 0.0753. The minimum Gasteiger partial charge on any atom is -0.493 e. The first-order valence-electron chi connectivity index (χ1n) is 8.66. The van der Waals surface area contributed by atoms with Crippen LogP contribution in [0.3, 0.4) is 0 Å². The number of carbonyl (C=O) groups excluding carboxylic acids is 1. The summed E-state index contributed by atoms with van der Waals surface area (Å²) in [5.74, 6) is 1.52. The number of ether oxygens (including phenoxy) is 1. The Kier molecular flexibility index (Phi) is 6.58. The van der Waals surface area contributed by atoms with Gasteiger partial charge in [0.1, 0.15) is 11.6 Å². The number of rotatable bonds is 7. The van der Waals surface area contributed by atoms with Crippen molar-refractivity contribution in [1.29, 1.82) is 0 Å². The zero-order valence-corrected chi connectivity index (χ0v) is 15.9. The Labute approximate surface area is 163 Å². The summed E-state index contributed by atoms with van der Waals surface area (Å²) in [5, 5.41) is 3.78. The third kappa shape index (κ3) is 5.26. The number of nitrogens with zero attached hydrogens (tertiary/aromatic N) is 2. The second-order valence-corrected chi connectivity index (χ2v) is 6.98. The van der Waals surface area contributed by atoms with E-state index in [1.807, 2.05) is 18.3 Å². The topological polar surface area (TPSA) is 54.5 Å². The fraction of sp³-hybridized carbons (Fsp3) is 0.368. The van der Waals surface area contributed by atoms with E-state index in [1.165, 1.54) is 12.8 Å². The Bertz CT molecular complexity index is 747. The van der Waals surface area contributed by atoms with E-state index in [2.05, 4.69) is 15.2 Å². The maximum atomic E-state index is 11.9. The van der Waals surface area contributed by atoms with E-state index >= 15 is 0 Å². The Hall–Kier alpha value is -1.98. The highest BCUT2D eigenvalue weighted by atomic mass is 35.5. The molecule has 138 valence electrons. The molecule has 1 aliphatic rings. The SMILES string of the molecule is O=C(CCOc1ccc(Cl)c(Cl)c1)NCc1ccc(N2CCCC2)nc1. The van der Waals surface area contributed by atoms with Crippen LogP contribution in [0.4, 0.5) is 5.82 Å². The number of hydrogen-bond donors (Lipinski definition) is 1. The lowest BCUT2D eigenvalue weighted by atomic mass is 10.2. The predicted octanol–water partition coefficient (Wildman–Crippen LogP) is 4.07. The van der Waals surface area contributed by atoms with E-state index in [1.54, 1.807) is 18.2 Å². The molecule has 1 fully saturated rings. The van der Waals surface area contributed by atoms with Crippen LogP contribution in [0.25, 0.3) is 0 Å². The molecule has 0 radical (unpaired) electrons. The molecule has 3 rings (SSSR count). The number of benzene rings is 1. The molecule has 0 atom stereocenters. The van der Waals surface area contributed by atoms with Gasteiger partial charge in [-0.05, 0) is 36.6 Å². The van der Waals surface area contributed by atoms with Crippen LogP contribution in [0.1, 0.15) is 24.8 Å². The number of pyridine rings is 1. The maximum absolute atomic E-state index is 11.9. The number of carbonyl (C=O) groups is 1. The molecule has 2 heterocycles. The van der Waals surface area contributed by atoms with Crippen LogP contribution in [0.5, 0.6) is 5.75 Å². The van der Waals surface area contributed by atoms with Gasteiger partial charge in [0, 0.05) is 31.9 Å². The van der Waals surface area contributed by atoms with E-state index in [9.17, 15) is 4.79 Å². The fourth-order valence-corrected chi connectivity index (χ4v) is 3.06. The summed E-state index contributed by atoms with van der Waals surface area (Å²) in [6.45, 7) is 2.87. The van der Waals surface area contributed by atoms with Crippen molar-refractivity contribution in [1.82, 2.24) is 10.3 Å². The predicted molar refractivity (Wildman–Crippen MR) is 104 cm³/mol. The van der Waals surface area contributed by atoms with Crippen molar-refractivity contribution in [3.63, 3.8) is 0 Å². The van der Waals surface area contributed by atoms with E-state index in [0.29, 0.717) is 22.3 Å². The first-order valence-corrected chi connectivity index (χ1v) is 9.42. The van der Waals surface area contributed by atoms with Gasteiger partial charge in [-0.2, -0.15) is 0 Å². The maximum Gasteiger partial charge on any atom is 0.223 e. The van der Waals surface area contributed by atoms with Gasteiger partial charge < -0.3 is 15.0 Å². The smallest absolute Gasteiger partial charge is 0.223 e. The summed E-state index contributed by atoms with van der Waals surface area (Å²) in [6.07, 6.45) is 4.53. The quantitative estimate of drug-likeness (QED) is 0.769. The monoisotopic (exact) mass is 393 g/mol. The summed E-state index contributed by atoms with van der Waals surface area (Å²) in [4.78, 5) is 18.7. The standard InChI is InChI=1S/C19H21Cl2N3O2/c20-16-5-4-15(11-17(16)21)26-10-7-19(25)23-13-14-3-6-18(22-12-14)24-8-1-2-9-24/h3-6,11-12H,1-2,7-10,13H2,(H,23,25). The summed E-state index contributed by atoms with van der Waals surface area (Å²) in [6, 6.07) is 9.04. The van der Waals surface area contributed by atoms with Crippen molar-refractivity contribution < 1.29 is 9.53 Å². The molecular formula is C19H21Cl2N3O2. The van der Waals surface area contributed by atoms with Crippen LogP contribution < -0.4 is 15.0 Å². The second kappa shape index (κ2) is 9.10. The van der Waals surface area contributed by atoms with Gasteiger partial charge in [-0.3, -0.25) is 4.79 Å². The molecule has 0 bridgehead atoms. The van der Waals surface area contributed by atoms with Crippen LogP contribution in [0, 0.1) is 0 Å². The summed E-state index contributed by atoms with van der Waals surface area (Å²) >= 11 is 11.8. The van der Waals surface area contributed by atoms with Gasteiger partial charge in [0.2, 0.25) is 5.91 Å². The lowest BCUT2D eigenvalue weighted by molar-refractivity contribution is -0.121. The number of hydrogen-bond acceptors (Lipinski definition) is 4. The first kappa shape index (κ1) is 18.8. The first-order chi connectivity index (χ1) is 12.6. The Morgan fingerprint density at radius 1 is 1.15 bits per heavy atom. The van der Waals surface area contributed by atoms with Gasteiger partial charge >= 0.3 is 0 Å². The third-order valence-corrected chi connectivity index (χ3v) is 4.96. The van der Waals surface area contributed by atoms with Crippen molar-refractivity contribution in [2.45, 2.75) is 25.8 Å². The van der Waals surface area contributed by atoms with Crippen molar-refractivity contribution in [3.05, 3.63) is 52.1 Å². The molecule has 1 aromatic carbocycles. The van der Waals surface area contributed by atoms with Gasteiger partial charge in [0.15, 0.2) is 0 Å². The highest BCUT2D eigenvalue weighted by Crippen LogP contribution is 2.26. The highest BCUT2D eigenvalue weighted by molar-refractivity contribution is 6.42. The zero-order chi connectivity index (χ0) is 18.4. The fourth-order valence-electron chi connectivity index (χ4n) is 2.77. The third-order valence-electron chi connectivity index (χ3n) is 4.22.